The fourth-order valence-corrected chi connectivity index (χ4v) is 3.01. The van der Waals surface area contributed by atoms with Gasteiger partial charge in [0, 0.05) is 11.7 Å². The van der Waals surface area contributed by atoms with Crippen molar-refractivity contribution in [1.82, 2.24) is 0 Å². The maximum absolute atomic E-state index is 13.2. The van der Waals surface area contributed by atoms with E-state index in [-0.39, 0.29) is 17.5 Å². The van der Waals surface area contributed by atoms with E-state index in [0.29, 0.717) is 5.92 Å². The van der Waals surface area contributed by atoms with E-state index < -0.39 is 11.7 Å². The summed E-state index contributed by atoms with van der Waals surface area (Å²) in [6.07, 6.45) is 1.37. The van der Waals surface area contributed by atoms with Gasteiger partial charge < -0.3 is 10.1 Å². The van der Waals surface area contributed by atoms with Crippen molar-refractivity contribution in [2.75, 3.05) is 12.4 Å². The van der Waals surface area contributed by atoms with Crippen LogP contribution in [0.4, 0.5) is 18.9 Å². The topological polar surface area (TPSA) is 21.3 Å². The lowest BCUT2D eigenvalue weighted by atomic mass is 9.84. The van der Waals surface area contributed by atoms with Crippen LogP contribution in [0.2, 0.25) is 0 Å². The second-order valence-electron chi connectivity index (χ2n) is 5.74. The van der Waals surface area contributed by atoms with Gasteiger partial charge in [-0.1, -0.05) is 19.3 Å². The molecule has 0 aliphatic heterocycles. The Morgan fingerprint density at radius 2 is 1.86 bits per heavy atom. The Morgan fingerprint density at radius 1 is 1.19 bits per heavy atom. The predicted molar refractivity (Wildman–Crippen MR) is 77.7 cm³/mol. The van der Waals surface area contributed by atoms with Gasteiger partial charge in [-0.3, -0.25) is 0 Å². The minimum atomic E-state index is -4.39. The summed E-state index contributed by atoms with van der Waals surface area (Å²) < 4.78 is 44.4. The molecule has 5 heteroatoms. The first-order chi connectivity index (χ1) is 9.91. The molecule has 1 aliphatic rings. The highest BCUT2D eigenvalue weighted by atomic mass is 19.4. The van der Waals surface area contributed by atoms with Crippen LogP contribution >= 0.6 is 0 Å². The summed E-state index contributed by atoms with van der Waals surface area (Å²) in [5.74, 6) is 0.667. The average molecular weight is 301 g/mol. The number of hydrogen-bond donors (Lipinski definition) is 1. The van der Waals surface area contributed by atoms with Gasteiger partial charge in [0.05, 0.1) is 12.7 Å². The average Bonchev–Trinajstić information content (AvgIpc) is 2.47. The molecule has 118 valence electrons. The number of anilines is 1. The number of halogens is 3. The Balaban J connectivity index is 2.18. The first kappa shape index (κ1) is 16.0. The molecule has 0 radical (unpaired) electrons. The molecular weight excluding hydrogens is 279 g/mol. The van der Waals surface area contributed by atoms with E-state index >= 15 is 0 Å². The number of ether oxygens (including phenoxy) is 1. The quantitative estimate of drug-likeness (QED) is 0.836. The predicted octanol–water partition coefficient (Wildman–Crippen LogP) is 5.09. The molecule has 0 spiro atoms. The lowest BCUT2D eigenvalue weighted by molar-refractivity contribution is -0.137. The zero-order valence-electron chi connectivity index (χ0n) is 12.5. The Bertz CT molecular complexity index is 467. The van der Waals surface area contributed by atoms with Gasteiger partial charge in [-0.25, -0.2) is 0 Å². The van der Waals surface area contributed by atoms with Crippen molar-refractivity contribution in [3.8, 4) is 5.75 Å². The van der Waals surface area contributed by atoms with Gasteiger partial charge in [0.2, 0.25) is 0 Å². The molecular formula is C16H22F3NO. The third-order valence-electron chi connectivity index (χ3n) is 4.27. The summed E-state index contributed by atoms with van der Waals surface area (Å²) >= 11 is 0. The maximum Gasteiger partial charge on any atom is 0.418 e. The first-order valence-electron chi connectivity index (χ1n) is 7.43. The molecule has 2 rings (SSSR count). The molecule has 1 N–H and O–H groups in total. The summed E-state index contributed by atoms with van der Waals surface area (Å²) in [6, 6.07) is 4.11. The molecule has 1 unspecified atom stereocenters. The SMILES string of the molecule is COc1ccc(NC(C)C2CCCCC2)c(C(F)(F)F)c1. The van der Waals surface area contributed by atoms with Crippen LogP contribution in [0.15, 0.2) is 18.2 Å². The van der Waals surface area contributed by atoms with Gasteiger partial charge in [0.1, 0.15) is 5.75 Å². The van der Waals surface area contributed by atoms with Crippen LogP contribution in [0.3, 0.4) is 0 Å². The molecule has 0 heterocycles. The van der Waals surface area contributed by atoms with E-state index in [1.54, 1.807) is 6.07 Å². The number of rotatable bonds is 4. The Hall–Kier alpha value is -1.39. The van der Waals surface area contributed by atoms with E-state index in [9.17, 15) is 13.2 Å². The fraction of sp³-hybridized carbons (Fsp3) is 0.625. The van der Waals surface area contributed by atoms with Crippen molar-refractivity contribution in [2.24, 2.45) is 5.92 Å². The lowest BCUT2D eigenvalue weighted by Gasteiger charge is -2.30. The number of alkyl halides is 3. The molecule has 21 heavy (non-hydrogen) atoms. The number of benzene rings is 1. The van der Waals surface area contributed by atoms with Crippen LogP contribution in [-0.4, -0.2) is 13.2 Å². The van der Waals surface area contributed by atoms with Crippen LogP contribution in [0.25, 0.3) is 0 Å². The smallest absolute Gasteiger partial charge is 0.418 e. The van der Waals surface area contributed by atoms with E-state index in [0.717, 1.165) is 18.9 Å². The van der Waals surface area contributed by atoms with E-state index in [4.69, 9.17) is 4.74 Å². The van der Waals surface area contributed by atoms with Crippen molar-refractivity contribution < 1.29 is 17.9 Å². The van der Waals surface area contributed by atoms with Crippen LogP contribution < -0.4 is 10.1 Å². The van der Waals surface area contributed by atoms with Gasteiger partial charge in [-0.15, -0.1) is 0 Å². The normalized spacial score (nSPS) is 18.3. The Labute approximate surface area is 123 Å². The Kier molecular flexibility index (Phi) is 5.01. The second kappa shape index (κ2) is 6.58. The highest BCUT2D eigenvalue weighted by molar-refractivity contribution is 5.56. The number of hydrogen-bond acceptors (Lipinski definition) is 2. The third kappa shape index (κ3) is 4.05. The summed E-state index contributed by atoms with van der Waals surface area (Å²) in [5, 5.41) is 3.06. The van der Waals surface area contributed by atoms with E-state index in [1.807, 2.05) is 6.92 Å². The zero-order chi connectivity index (χ0) is 15.5. The molecule has 0 saturated heterocycles. The molecule has 1 saturated carbocycles. The minimum Gasteiger partial charge on any atom is -0.497 e. The third-order valence-corrected chi connectivity index (χ3v) is 4.27. The zero-order valence-corrected chi connectivity index (χ0v) is 12.5. The van der Waals surface area contributed by atoms with Crippen molar-refractivity contribution in [3.05, 3.63) is 23.8 Å². The van der Waals surface area contributed by atoms with Crippen LogP contribution in [0.5, 0.6) is 5.75 Å². The molecule has 1 aliphatic carbocycles. The van der Waals surface area contributed by atoms with Crippen LogP contribution in [0, 0.1) is 5.92 Å². The molecule has 1 fully saturated rings. The highest BCUT2D eigenvalue weighted by Crippen LogP contribution is 2.38. The van der Waals surface area contributed by atoms with Gasteiger partial charge >= 0.3 is 6.18 Å². The van der Waals surface area contributed by atoms with Crippen molar-refractivity contribution >= 4 is 5.69 Å². The molecule has 1 aromatic carbocycles. The van der Waals surface area contributed by atoms with Gasteiger partial charge in [-0.05, 0) is 43.9 Å². The monoisotopic (exact) mass is 301 g/mol. The number of nitrogens with one attached hydrogen (secondary N) is 1. The van der Waals surface area contributed by atoms with Crippen LogP contribution in [-0.2, 0) is 6.18 Å². The van der Waals surface area contributed by atoms with E-state index in [1.165, 1.54) is 32.4 Å². The fourth-order valence-electron chi connectivity index (χ4n) is 3.01. The highest BCUT2D eigenvalue weighted by Gasteiger charge is 2.34. The standard InChI is InChI=1S/C16H22F3NO/c1-11(12-6-4-3-5-7-12)20-15-9-8-13(21-2)10-14(15)16(17,18)19/h8-12,20H,3-7H2,1-2H3. The van der Waals surface area contributed by atoms with Gasteiger partial charge in [0.15, 0.2) is 0 Å². The van der Waals surface area contributed by atoms with Crippen molar-refractivity contribution in [3.63, 3.8) is 0 Å². The summed E-state index contributed by atoms with van der Waals surface area (Å²) in [7, 11) is 1.37. The maximum atomic E-state index is 13.2. The summed E-state index contributed by atoms with van der Waals surface area (Å²) in [4.78, 5) is 0. The van der Waals surface area contributed by atoms with Crippen LogP contribution in [0.1, 0.15) is 44.6 Å². The van der Waals surface area contributed by atoms with Gasteiger partial charge in [-0.2, -0.15) is 13.2 Å². The Morgan fingerprint density at radius 3 is 2.43 bits per heavy atom. The molecule has 0 bridgehead atoms. The lowest BCUT2D eigenvalue weighted by Crippen LogP contribution is -2.28. The van der Waals surface area contributed by atoms with Crippen molar-refractivity contribution in [2.45, 2.75) is 51.2 Å². The molecule has 0 amide bonds. The first-order valence-corrected chi connectivity index (χ1v) is 7.43. The molecule has 1 aromatic rings. The minimum absolute atomic E-state index is 0.0415. The molecule has 1 atom stereocenters. The summed E-state index contributed by atoms with van der Waals surface area (Å²) in [5.41, 5.74) is -0.522. The number of methoxy groups -OCH3 is 1. The van der Waals surface area contributed by atoms with Gasteiger partial charge in [0.25, 0.3) is 0 Å². The van der Waals surface area contributed by atoms with Crippen molar-refractivity contribution in [1.29, 1.82) is 0 Å². The second-order valence-corrected chi connectivity index (χ2v) is 5.74. The summed E-state index contributed by atoms with van der Waals surface area (Å²) in [6.45, 7) is 1.97. The molecule has 0 aromatic heterocycles. The largest absolute Gasteiger partial charge is 0.497 e. The molecule has 2 nitrogen and oxygen atoms in total. The van der Waals surface area contributed by atoms with E-state index in [2.05, 4.69) is 5.32 Å².